The first-order valence-electron chi connectivity index (χ1n) is 8.58. The number of halogens is 1. The van der Waals surface area contributed by atoms with E-state index in [4.69, 9.17) is 0 Å². The first kappa shape index (κ1) is 18.5. The molecule has 1 heterocycles. The van der Waals surface area contributed by atoms with Gasteiger partial charge in [-0.15, -0.1) is 0 Å². The van der Waals surface area contributed by atoms with Crippen molar-refractivity contribution in [3.63, 3.8) is 0 Å². The van der Waals surface area contributed by atoms with Crippen molar-refractivity contribution in [3.8, 4) is 0 Å². The van der Waals surface area contributed by atoms with E-state index in [1.165, 1.54) is 36.5 Å². The van der Waals surface area contributed by atoms with E-state index in [1.54, 1.807) is 6.07 Å². The Labute approximate surface area is 155 Å². The summed E-state index contributed by atoms with van der Waals surface area (Å²) in [5.41, 5.74) is 4.50. The van der Waals surface area contributed by atoms with Crippen molar-refractivity contribution in [2.24, 2.45) is 5.10 Å². The van der Waals surface area contributed by atoms with Gasteiger partial charge in [0.15, 0.2) is 0 Å². The minimum absolute atomic E-state index is 0.0979. The molecule has 1 fully saturated rings. The molecular formula is C19H19FN4O3. The lowest BCUT2D eigenvalue weighted by atomic mass is 10.1. The predicted molar refractivity (Wildman–Crippen MR) is 101 cm³/mol. The van der Waals surface area contributed by atoms with Crippen LogP contribution in [0.25, 0.3) is 0 Å². The molecule has 3 rings (SSSR count). The van der Waals surface area contributed by atoms with Gasteiger partial charge >= 0.3 is 0 Å². The van der Waals surface area contributed by atoms with Crippen LogP contribution in [0.3, 0.4) is 0 Å². The number of nitro groups is 1. The maximum Gasteiger partial charge on any atom is 0.271 e. The van der Waals surface area contributed by atoms with Crippen molar-refractivity contribution in [1.29, 1.82) is 0 Å². The van der Waals surface area contributed by atoms with E-state index in [2.05, 4.69) is 10.5 Å². The van der Waals surface area contributed by atoms with Crippen molar-refractivity contribution >= 4 is 23.5 Å². The standard InChI is InChI=1S/C19H19FN4O3/c1-13-10-18(23-8-2-3-9-23)17(20)11-15(13)12-21-22-19(25)14-4-6-16(7-5-14)24(26)27/h4-7,10-12H,2-3,8-9H2,1H3,(H,22,25). The molecule has 0 spiro atoms. The van der Waals surface area contributed by atoms with E-state index in [0.717, 1.165) is 31.5 Å². The molecule has 0 radical (unpaired) electrons. The molecule has 0 aromatic heterocycles. The van der Waals surface area contributed by atoms with Crippen molar-refractivity contribution in [3.05, 3.63) is 69.0 Å². The summed E-state index contributed by atoms with van der Waals surface area (Å²) in [7, 11) is 0. The second-order valence-electron chi connectivity index (χ2n) is 6.36. The minimum atomic E-state index is -0.539. The summed E-state index contributed by atoms with van der Waals surface area (Å²) in [4.78, 5) is 24.1. The number of benzene rings is 2. The van der Waals surface area contributed by atoms with Crippen LogP contribution >= 0.6 is 0 Å². The fourth-order valence-electron chi connectivity index (χ4n) is 2.98. The number of nitrogens with one attached hydrogen (secondary N) is 1. The number of non-ortho nitro benzene ring substituents is 1. The van der Waals surface area contributed by atoms with Gasteiger partial charge in [0.1, 0.15) is 5.82 Å². The Balaban J connectivity index is 1.67. The lowest BCUT2D eigenvalue weighted by molar-refractivity contribution is -0.384. The highest BCUT2D eigenvalue weighted by molar-refractivity contribution is 5.95. The molecule has 1 N–H and O–H groups in total. The van der Waals surface area contributed by atoms with Crippen LogP contribution in [0.4, 0.5) is 15.8 Å². The normalized spacial score (nSPS) is 13.9. The number of hydrazone groups is 1. The van der Waals surface area contributed by atoms with Crippen LogP contribution in [0, 0.1) is 22.9 Å². The summed E-state index contributed by atoms with van der Waals surface area (Å²) in [5, 5.41) is 14.5. The van der Waals surface area contributed by atoms with E-state index in [-0.39, 0.29) is 17.1 Å². The van der Waals surface area contributed by atoms with Crippen molar-refractivity contribution in [2.45, 2.75) is 19.8 Å². The molecular weight excluding hydrogens is 351 g/mol. The van der Waals surface area contributed by atoms with E-state index < -0.39 is 10.8 Å². The van der Waals surface area contributed by atoms with E-state index in [9.17, 15) is 19.3 Å². The van der Waals surface area contributed by atoms with Gasteiger partial charge in [0.2, 0.25) is 0 Å². The Morgan fingerprint density at radius 2 is 1.93 bits per heavy atom. The third-order valence-electron chi connectivity index (χ3n) is 4.49. The van der Waals surface area contributed by atoms with Gasteiger partial charge in [-0.1, -0.05) is 0 Å². The van der Waals surface area contributed by atoms with Crippen LogP contribution in [0.5, 0.6) is 0 Å². The van der Waals surface area contributed by atoms with Gasteiger partial charge < -0.3 is 4.90 Å². The van der Waals surface area contributed by atoms with Gasteiger partial charge in [0.25, 0.3) is 11.6 Å². The van der Waals surface area contributed by atoms with E-state index in [1.807, 2.05) is 11.8 Å². The number of rotatable bonds is 5. The van der Waals surface area contributed by atoms with E-state index in [0.29, 0.717) is 11.3 Å². The number of carbonyl (C=O) groups is 1. The molecule has 1 saturated heterocycles. The fourth-order valence-corrected chi connectivity index (χ4v) is 2.98. The third kappa shape index (κ3) is 4.28. The summed E-state index contributed by atoms with van der Waals surface area (Å²) >= 11 is 0. The van der Waals surface area contributed by atoms with Crippen molar-refractivity contribution in [1.82, 2.24) is 5.43 Å². The zero-order chi connectivity index (χ0) is 19.4. The quantitative estimate of drug-likeness (QED) is 0.496. The highest BCUT2D eigenvalue weighted by Gasteiger charge is 2.17. The molecule has 2 aromatic carbocycles. The number of anilines is 1. The summed E-state index contributed by atoms with van der Waals surface area (Å²) in [6.45, 7) is 3.57. The maximum atomic E-state index is 14.4. The first-order chi connectivity index (χ1) is 13.0. The second-order valence-corrected chi connectivity index (χ2v) is 6.36. The maximum absolute atomic E-state index is 14.4. The molecule has 1 amide bonds. The van der Waals surface area contributed by atoms with Crippen LogP contribution in [0.1, 0.15) is 34.3 Å². The second kappa shape index (κ2) is 7.94. The Morgan fingerprint density at radius 3 is 2.56 bits per heavy atom. The monoisotopic (exact) mass is 370 g/mol. The molecule has 27 heavy (non-hydrogen) atoms. The highest BCUT2D eigenvalue weighted by atomic mass is 19.1. The van der Waals surface area contributed by atoms with E-state index >= 15 is 0 Å². The molecule has 0 aliphatic carbocycles. The SMILES string of the molecule is Cc1cc(N2CCCC2)c(F)cc1C=NNC(=O)c1ccc([N+](=O)[O-])cc1. The van der Waals surface area contributed by atoms with Gasteiger partial charge in [-0.3, -0.25) is 14.9 Å². The smallest absolute Gasteiger partial charge is 0.271 e. The van der Waals surface area contributed by atoms with Gasteiger partial charge in [0, 0.05) is 36.3 Å². The van der Waals surface area contributed by atoms with Crippen molar-refractivity contribution < 1.29 is 14.1 Å². The number of amides is 1. The van der Waals surface area contributed by atoms with Crippen LogP contribution in [0.2, 0.25) is 0 Å². The summed E-state index contributed by atoms with van der Waals surface area (Å²) in [5.74, 6) is -0.821. The van der Waals surface area contributed by atoms with Crippen molar-refractivity contribution in [2.75, 3.05) is 18.0 Å². The Morgan fingerprint density at radius 1 is 1.26 bits per heavy atom. The molecule has 1 aliphatic heterocycles. The summed E-state index contributed by atoms with van der Waals surface area (Å²) in [6.07, 6.45) is 3.52. The van der Waals surface area contributed by atoms with Gasteiger partial charge in [-0.05, 0) is 49.6 Å². The Kier molecular flexibility index (Phi) is 5.44. The van der Waals surface area contributed by atoms with Crippen LogP contribution in [-0.4, -0.2) is 30.1 Å². The average molecular weight is 370 g/mol. The summed E-state index contributed by atoms with van der Waals surface area (Å²) in [6, 6.07) is 8.38. The van der Waals surface area contributed by atoms with Gasteiger partial charge in [-0.2, -0.15) is 5.10 Å². The molecule has 0 atom stereocenters. The fraction of sp³-hybridized carbons (Fsp3) is 0.263. The lowest BCUT2D eigenvalue weighted by Crippen LogP contribution is -2.19. The van der Waals surface area contributed by atoms with Crippen LogP contribution < -0.4 is 10.3 Å². The predicted octanol–water partition coefficient (Wildman–Crippen LogP) is 3.41. The molecule has 8 heteroatoms. The zero-order valence-corrected chi connectivity index (χ0v) is 14.8. The Hall–Kier alpha value is -3.29. The number of nitrogens with zero attached hydrogens (tertiary/aromatic N) is 3. The molecule has 7 nitrogen and oxygen atoms in total. The molecule has 140 valence electrons. The van der Waals surface area contributed by atoms with Gasteiger partial charge in [-0.25, -0.2) is 9.82 Å². The lowest BCUT2D eigenvalue weighted by Gasteiger charge is -2.19. The molecule has 0 bridgehead atoms. The minimum Gasteiger partial charge on any atom is -0.369 e. The molecule has 1 aliphatic rings. The molecule has 0 saturated carbocycles. The number of hydrogen-bond donors (Lipinski definition) is 1. The highest BCUT2D eigenvalue weighted by Crippen LogP contribution is 2.26. The largest absolute Gasteiger partial charge is 0.369 e. The number of hydrogen-bond acceptors (Lipinski definition) is 5. The van der Waals surface area contributed by atoms with Crippen LogP contribution in [-0.2, 0) is 0 Å². The average Bonchev–Trinajstić information content (AvgIpc) is 3.18. The number of nitro benzene ring substituents is 1. The molecule has 0 unspecified atom stereocenters. The topological polar surface area (TPSA) is 87.8 Å². The Bertz CT molecular complexity index is 891. The van der Waals surface area contributed by atoms with Gasteiger partial charge in [0.05, 0.1) is 16.8 Å². The number of carbonyl (C=O) groups excluding carboxylic acids is 1. The third-order valence-corrected chi connectivity index (χ3v) is 4.49. The summed E-state index contributed by atoms with van der Waals surface area (Å²) < 4.78 is 14.4. The molecule has 2 aromatic rings. The number of aryl methyl sites for hydroxylation is 1. The first-order valence-corrected chi connectivity index (χ1v) is 8.58. The van der Waals surface area contributed by atoms with Crippen LogP contribution in [0.15, 0.2) is 41.5 Å². The zero-order valence-electron chi connectivity index (χ0n) is 14.8.